The number of thioether (sulfide) groups is 1. The molecule has 1 amide bonds. The Kier molecular flexibility index (Phi) is 5.07. The fourth-order valence-electron chi connectivity index (χ4n) is 2.01. The molecule has 1 atom stereocenters. The summed E-state index contributed by atoms with van der Waals surface area (Å²) in [6, 6.07) is 0. The molecule has 0 bridgehead atoms. The average molecular weight is 268 g/mol. The number of carbonyl (C=O) groups excluding carboxylic acids is 1. The first kappa shape index (κ1) is 13.4. The fourth-order valence-corrected chi connectivity index (χ4v) is 3.25. The highest BCUT2D eigenvalue weighted by molar-refractivity contribution is 7.99. The Morgan fingerprint density at radius 3 is 3.22 bits per heavy atom. The number of rotatable bonds is 5. The molecule has 2 heterocycles. The Labute approximate surface area is 112 Å². The zero-order valence-electron chi connectivity index (χ0n) is 10.5. The van der Waals surface area contributed by atoms with Gasteiger partial charge < -0.3 is 15.6 Å². The van der Waals surface area contributed by atoms with Crippen molar-refractivity contribution in [1.82, 2.24) is 14.9 Å². The Morgan fingerprint density at radius 2 is 2.50 bits per heavy atom. The third-order valence-corrected chi connectivity index (χ3v) is 4.42. The number of carbonyl (C=O) groups is 1. The van der Waals surface area contributed by atoms with Crippen LogP contribution in [-0.4, -0.2) is 39.6 Å². The van der Waals surface area contributed by atoms with Crippen LogP contribution in [0.1, 0.15) is 29.8 Å². The molecule has 2 rings (SSSR count). The Hall–Kier alpha value is -1.01. The molecule has 0 aromatic carbocycles. The van der Waals surface area contributed by atoms with E-state index in [0.29, 0.717) is 24.0 Å². The summed E-state index contributed by atoms with van der Waals surface area (Å²) in [4.78, 5) is 16.0. The van der Waals surface area contributed by atoms with E-state index in [1.807, 2.05) is 16.3 Å². The number of nitrogens with zero attached hydrogens (tertiary/aromatic N) is 2. The molecule has 1 aliphatic rings. The van der Waals surface area contributed by atoms with Gasteiger partial charge in [-0.2, -0.15) is 11.8 Å². The lowest BCUT2D eigenvalue weighted by atomic mass is 10.2. The zero-order valence-corrected chi connectivity index (χ0v) is 11.3. The van der Waals surface area contributed by atoms with Crippen LogP contribution in [0.4, 0.5) is 0 Å². The number of imidazole rings is 1. The van der Waals surface area contributed by atoms with Gasteiger partial charge in [-0.3, -0.25) is 4.79 Å². The molecule has 1 aromatic heterocycles. The summed E-state index contributed by atoms with van der Waals surface area (Å²) in [5, 5.41) is 3.52. The molecule has 3 N–H and O–H groups in total. The largest absolute Gasteiger partial charge is 0.350 e. The minimum atomic E-state index is -0.0862. The standard InChI is InChI=1S/C12H20N4OS/c13-4-5-16-8-11(15-9-16)12(17)14-7-10-3-1-2-6-18-10/h8-10H,1-7,13H2,(H,14,17). The highest BCUT2D eigenvalue weighted by Gasteiger charge is 2.16. The second-order valence-corrected chi connectivity index (χ2v) is 5.89. The van der Waals surface area contributed by atoms with Gasteiger partial charge in [-0.25, -0.2) is 4.98 Å². The van der Waals surface area contributed by atoms with E-state index >= 15 is 0 Å². The molecule has 18 heavy (non-hydrogen) atoms. The molecule has 0 spiro atoms. The lowest BCUT2D eigenvalue weighted by Crippen LogP contribution is -2.32. The third-order valence-electron chi connectivity index (χ3n) is 3.02. The van der Waals surface area contributed by atoms with Crippen molar-refractivity contribution in [2.75, 3.05) is 18.8 Å². The molecule has 5 nitrogen and oxygen atoms in total. The SMILES string of the molecule is NCCn1cnc(C(=O)NCC2CCCCS2)c1. The summed E-state index contributed by atoms with van der Waals surface area (Å²) in [5.74, 6) is 1.13. The summed E-state index contributed by atoms with van der Waals surface area (Å²) in [7, 11) is 0. The van der Waals surface area contributed by atoms with Crippen molar-refractivity contribution in [3.63, 3.8) is 0 Å². The minimum Gasteiger partial charge on any atom is -0.350 e. The van der Waals surface area contributed by atoms with Gasteiger partial charge in [0.15, 0.2) is 0 Å². The quantitative estimate of drug-likeness (QED) is 0.830. The van der Waals surface area contributed by atoms with E-state index in [9.17, 15) is 4.79 Å². The first-order valence-electron chi connectivity index (χ1n) is 6.41. The molecule has 6 heteroatoms. The highest BCUT2D eigenvalue weighted by atomic mass is 32.2. The molecule has 0 saturated carbocycles. The number of amides is 1. The maximum atomic E-state index is 11.9. The molecule has 1 aliphatic heterocycles. The average Bonchev–Trinajstić information content (AvgIpc) is 2.86. The van der Waals surface area contributed by atoms with Crippen LogP contribution in [-0.2, 0) is 6.54 Å². The zero-order chi connectivity index (χ0) is 12.8. The van der Waals surface area contributed by atoms with Crippen LogP contribution >= 0.6 is 11.8 Å². The number of nitrogens with two attached hydrogens (primary N) is 1. The number of hydrogen-bond acceptors (Lipinski definition) is 4. The van der Waals surface area contributed by atoms with Gasteiger partial charge in [0.05, 0.1) is 6.33 Å². The third kappa shape index (κ3) is 3.74. The maximum absolute atomic E-state index is 11.9. The lowest BCUT2D eigenvalue weighted by Gasteiger charge is -2.21. The van der Waals surface area contributed by atoms with E-state index in [1.165, 1.54) is 25.0 Å². The van der Waals surface area contributed by atoms with Crippen molar-refractivity contribution >= 4 is 17.7 Å². The van der Waals surface area contributed by atoms with Crippen molar-refractivity contribution in [1.29, 1.82) is 0 Å². The van der Waals surface area contributed by atoms with Gasteiger partial charge in [-0.05, 0) is 18.6 Å². The predicted molar refractivity (Wildman–Crippen MR) is 73.7 cm³/mol. The second kappa shape index (κ2) is 6.80. The summed E-state index contributed by atoms with van der Waals surface area (Å²) >= 11 is 1.96. The van der Waals surface area contributed by atoms with Crippen LogP contribution in [0.2, 0.25) is 0 Å². The van der Waals surface area contributed by atoms with E-state index < -0.39 is 0 Å². The first-order valence-corrected chi connectivity index (χ1v) is 7.46. The van der Waals surface area contributed by atoms with Gasteiger partial charge in [-0.1, -0.05) is 6.42 Å². The molecular formula is C12H20N4OS. The molecule has 1 fully saturated rings. The molecule has 0 aliphatic carbocycles. The summed E-state index contributed by atoms with van der Waals surface area (Å²) < 4.78 is 1.84. The van der Waals surface area contributed by atoms with Gasteiger partial charge in [0.1, 0.15) is 5.69 Å². The van der Waals surface area contributed by atoms with Gasteiger partial charge in [-0.15, -0.1) is 0 Å². The molecule has 0 radical (unpaired) electrons. The van der Waals surface area contributed by atoms with Gasteiger partial charge in [0, 0.05) is 31.1 Å². The monoisotopic (exact) mass is 268 g/mol. The van der Waals surface area contributed by atoms with E-state index in [0.717, 1.165) is 6.54 Å². The van der Waals surface area contributed by atoms with E-state index in [1.54, 1.807) is 12.5 Å². The number of nitrogens with one attached hydrogen (secondary N) is 1. The van der Waals surface area contributed by atoms with E-state index in [4.69, 9.17) is 5.73 Å². The predicted octanol–water partition coefficient (Wildman–Crippen LogP) is 0.857. The van der Waals surface area contributed by atoms with Gasteiger partial charge in [0.25, 0.3) is 5.91 Å². The van der Waals surface area contributed by atoms with E-state index in [2.05, 4.69) is 10.3 Å². The van der Waals surface area contributed by atoms with E-state index in [-0.39, 0.29) is 5.91 Å². The summed E-state index contributed by atoms with van der Waals surface area (Å²) in [5.41, 5.74) is 5.93. The summed E-state index contributed by atoms with van der Waals surface area (Å²) in [6.07, 6.45) is 7.18. The Bertz CT molecular complexity index is 387. The van der Waals surface area contributed by atoms with Gasteiger partial charge in [0.2, 0.25) is 0 Å². The minimum absolute atomic E-state index is 0.0862. The van der Waals surface area contributed by atoms with Crippen LogP contribution < -0.4 is 11.1 Å². The van der Waals surface area contributed by atoms with Crippen molar-refractivity contribution in [3.8, 4) is 0 Å². The van der Waals surface area contributed by atoms with Crippen LogP contribution in [0.5, 0.6) is 0 Å². The molecular weight excluding hydrogens is 248 g/mol. The maximum Gasteiger partial charge on any atom is 0.271 e. The lowest BCUT2D eigenvalue weighted by molar-refractivity contribution is 0.0949. The van der Waals surface area contributed by atoms with Crippen LogP contribution in [0.3, 0.4) is 0 Å². The van der Waals surface area contributed by atoms with Crippen LogP contribution in [0.15, 0.2) is 12.5 Å². The Morgan fingerprint density at radius 1 is 1.61 bits per heavy atom. The van der Waals surface area contributed by atoms with Crippen LogP contribution in [0, 0.1) is 0 Å². The normalized spacial score (nSPS) is 19.7. The molecule has 1 aromatic rings. The van der Waals surface area contributed by atoms with Crippen molar-refractivity contribution in [3.05, 3.63) is 18.2 Å². The highest BCUT2D eigenvalue weighted by Crippen LogP contribution is 2.24. The number of aromatic nitrogens is 2. The van der Waals surface area contributed by atoms with Crippen molar-refractivity contribution in [2.45, 2.75) is 31.1 Å². The number of hydrogen-bond donors (Lipinski definition) is 2. The smallest absolute Gasteiger partial charge is 0.271 e. The molecule has 1 saturated heterocycles. The molecule has 1 unspecified atom stereocenters. The van der Waals surface area contributed by atoms with Crippen molar-refractivity contribution in [2.24, 2.45) is 5.73 Å². The topological polar surface area (TPSA) is 72.9 Å². The summed E-state index contributed by atoms with van der Waals surface area (Å²) in [6.45, 7) is 1.99. The first-order chi connectivity index (χ1) is 8.79. The van der Waals surface area contributed by atoms with Gasteiger partial charge >= 0.3 is 0 Å². The second-order valence-electron chi connectivity index (χ2n) is 4.48. The fraction of sp³-hybridized carbons (Fsp3) is 0.667. The van der Waals surface area contributed by atoms with Crippen molar-refractivity contribution < 1.29 is 4.79 Å². The Balaban J connectivity index is 1.79. The molecule has 100 valence electrons. The van der Waals surface area contributed by atoms with Crippen LogP contribution in [0.25, 0.3) is 0 Å².